The van der Waals surface area contributed by atoms with Gasteiger partial charge in [-0.2, -0.15) is 0 Å². The minimum absolute atomic E-state index is 0.104. The maximum absolute atomic E-state index is 13.0. The molecule has 0 heterocycles. The summed E-state index contributed by atoms with van der Waals surface area (Å²) in [6, 6.07) is 0. The second kappa shape index (κ2) is 63.5. The summed E-state index contributed by atoms with van der Waals surface area (Å²) in [5.41, 5.74) is 0. The molecule has 0 aliphatic rings. The monoisotopic (exact) mass is 1370 g/mol. The Morgan fingerprint density at radius 1 is 0.301 bits per heavy atom. The van der Waals surface area contributed by atoms with E-state index in [0.717, 1.165) is 114 Å². The molecular formula is C74H144O17P2. The van der Waals surface area contributed by atoms with Crippen LogP contribution in [0.3, 0.4) is 0 Å². The van der Waals surface area contributed by atoms with Crippen LogP contribution in [-0.2, 0) is 65.4 Å². The third kappa shape index (κ3) is 67.0. The first kappa shape index (κ1) is 91.1. The van der Waals surface area contributed by atoms with Crippen LogP contribution >= 0.6 is 15.6 Å². The number of ether oxygens (including phenoxy) is 4. The number of unbranched alkanes of at least 4 members (excludes halogenated alkanes) is 36. The smallest absolute Gasteiger partial charge is 0.462 e. The fourth-order valence-corrected chi connectivity index (χ4v) is 12.7. The first-order valence-electron chi connectivity index (χ1n) is 38.2. The standard InChI is InChI=1S/C74H144O17P2/c1-9-67(8)53-45-37-28-24-25-31-41-49-57-74(79)91-69(60-84-71(76)54-46-38-29-22-19-18-21-27-35-43-51-65(4)5)62-88-92(80,81)86-58-68(75)59-87-93(82,83)89-63-70(61-85-72(77)55-47-39-33-32-36-44-52-66(6)7)90-73(78)56-48-40-30-23-17-15-13-11-10-12-14-16-20-26-34-42-50-64(2)3/h64-70,75H,9-63H2,1-8H3,(H,80,81)(H,82,83)/t67?,68?,69-,70-/m1/s1. The molecule has 4 unspecified atom stereocenters. The molecule has 0 rings (SSSR count). The van der Waals surface area contributed by atoms with Gasteiger partial charge in [-0.3, -0.25) is 37.3 Å². The maximum Gasteiger partial charge on any atom is 0.472 e. The molecule has 552 valence electrons. The van der Waals surface area contributed by atoms with Crippen LogP contribution in [0.1, 0.15) is 370 Å². The lowest BCUT2D eigenvalue weighted by molar-refractivity contribution is -0.161. The van der Waals surface area contributed by atoms with E-state index in [1.807, 2.05) is 0 Å². The van der Waals surface area contributed by atoms with Gasteiger partial charge in [-0.1, -0.05) is 319 Å². The molecule has 0 fully saturated rings. The van der Waals surface area contributed by atoms with Crippen molar-refractivity contribution in [3.63, 3.8) is 0 Å². The average molecular weight is 1370 g/mol. The summed E-state index contributed by atoms with van der Waals surface area (Å²) in [5.74, 6) is 0.890. The predicted molar refractivity (Wildman–Crippen MR) is 377 cm³/mol. The number of esters is 4. The van der Waals surface area contributed by atoms with Crippen molar-refractivity contribution in [1.29, 1.82) is 0 Å². The zero-order chi connectivity index (χ0) is 68.9. The molecule has 6 atom stereocenters. The van der Waals surface area contributed by atoms with Crippen molar-refractivity contribution in [1.82, 2.24) is 0 Å². The van der Waals surface area contributed by atoms with Gasteiger partial charge in [0.1, 0.15) is 19.3 Å². The molecule has 0 bridgehead atoms. The van der Waals surface area contributed by atoms with Crippen LogP contribution in [-0.4, -0.2) is 96.7 Å². The highest BCUT2D eigenvalue weighted by molar-refractivity contribution is 7.47. The van der Waals surface area contributed by atoms with Crippen molar-refractivity contribution >= 4 is 39.5 Å². The summed E-state index contributed by atoms with van der Waals surface area (Å²) in [6.07, 6.45) is 47.3. The van der Waals surface area contributed by atoms with Crippen molar-refractivity contribution in [2.45, 2.75) is 388 Å². The van der Waals surface area contributed by atoms with Gasteiger partial charge in [0.05, 0.1) is 26.4 Å². The van der Waals surface area contributed by atoms with E-state index in [0.29, 0.717) is 31.6 Å². The number of aliphatic hydroxyl groups excluding tert-OH is 1. The molecule has 93 heavy (non-hydrogen) atoms. The van der Waals surface area contributed by atoms with E-state index in [1.165, 1.54) is 167 Å². The van der Waals surface area contributed by atoms with Gasteiger partial charge in [0.15, 0.2) is 12.2 Å². The van der Waals surface area contributed by atoms with Gasteiger partial charge in [0, 0.05) is 25.7 Å². The molecule has 0 aliphatic carbocycles. The lowest BCUT2D eigenvalue weighted by Crippen LogP contribution is -2.30. The third-order valence-corrected chi connectivity index (χ3v) is 19.3. The first-order valence-corrected chi connectivity index (χ1v) is 41.2. The Balaban J connectivity index is 5.21. The topological polar surface area (TPSA) is 237 Å². The molecule has 19 heteroatoms. The van der Waals surface area contributed by atoms with E-state index >= 15 is 0 Å². The number of phosphoric acid groups is 2. The molecule has 0 spiro atoms. The third-order valence-electron chi connectivity index (χ3n) is 17.4. The summed E-state index contributed by atoms with van der Waals surface area (Å²) in [4.78, 5) is 72.7. The quantitative estimate of drug-likeness (QED) is 0.0222. The minimum atomic E-state index is -4.95. The summed E-state index contributed by atoms with van der Waals surface area (Å²) in [7, 11) is -9.91. The second-order valence-corrected chi connectivity index (χ2v) is 31.3. The van der Waals surface area contributed by atoms with E-state index in [2.05, 4.69) is 55.4 Å². The Kier molecular flexibility index (Phi) is 62.2. The van der Waals surface area contributed by atoms with Crippen LogP contribution in [0, 0.1) is 23.7 Å². The highest BCUT2D eigenvalue weighted by Gasteiger charge is 2.30. The van der Waals surface area contributed by atoms with Crippen LogP contribution in [0.25, 0.3) is 0 Å². The van der Waals surface area contributed by atoms with Gasteiger partial charge in [-0.05, 0) is 49.4 Å². The molecule has 0 amide bonds. The van der Waals surface area contributed by atoms with E-state index < -0.39 is 97.5 Å². The van der Waals surface area contributed by atoms with Crippen molar-refractivity contribution in [3.8, 4) is 0 Å². The minimum Gasteiger partial charge on any atom is -0.462 e. The molecular weight excluding hydrogens is 1220 g/mol. The number of rotatable bonds is 71. The normalized spacial score (nSPS) is 14.5. The molecule has 0 saturated heterocycles. The van der Waals surface area contributed by atoms with Gasteiger partial charge in [-0.25, -0.2) is 9.13 Å². The number of carbonyl (C=O) groups is 4. The first-order chi connectivity index (χ1) is 44.6. The van der Waals surface area contributed by atoms with Crippen molar-refractivity contribution in [2.24, 2.45) is 23.7 Å². The Bertz CT molecular complexity index is 1840. The van der Waals surface area contributed by atoms with E-state index in [9.17, 15) is 43.2 Å². The van der Waals surface area contributed by atoms with Gasteiger partial charge in [0.25, 0.3) is 0 Å². The van der Waals surface area contributed by atoms with Crippen LogP contribution < -0.4 is 0 Å². The SMILES string of the molecule is CCC(C)CCCCCCCCCCC(=O)O[C@H](COC(=O)CCCCCCCCCCCCC(C)C)COP(=O)(O)OCC(O)COP(=O)(O)OC[C@@H](COC(=O)CCCCCCCCC(C)C)OC(=O)CCCCCCCCCCCCCCCCCCC(C)C. The number of phosphoric ester groups is 2. The largest absolute Gasteiger partial charge is 0.472 e. The van der Waals surface area contributed by atoms with Crippen molar-refractivity contribution in [2.75, 3.05) is 39.6 Å². The number of aliphatic hydroxyl groups is 1. The Morgan fingerprint density at radius 2 is 0.516 bits per heavy atom. The highest BCUT2D eigenvalue weighted by Crippen LogP contribution is 2.45. The Morgan fingerprint density at radius 3 is 0.763 bits per heavy atom. The number of hydrogen-bond donors (Lipinski definition) is 3. The van der Waals surface area contributed by atoms with Crippen LogP contribution in [0.5, 0.6) is 0 Å². The highest BCUT2D eigenvalue weighted by atomic mass is 31.2. The molecule has 0 aliphatic heterocycles. The summed E-state index contributed by atoms with van der Waals surface area (Å²) >= 11 is 0. The summed E-state index contributed by atoms with van der Waals surface area (Å²) in [5, 5.41) is 10.6. The van der Waals surface area contributed by atoms with Crippen LogP contribution in [0.2, 0.25) is 0 Å². The molecule has 17 nitrogen and oxygen atoms in total. The second-order valence-electron chi connectivity index (χ2n) is 28.4. The van der Waals surface area contributed by atoms with Crippen molar-refractivity contribution < 1.29 is 80.2 Å². The Labute approximate surface area is 568 Å². The van der Waals surface area contributed by atoms with Gasteiger partial charge >= 0.3 is 39.5 Å². The molecule has 3 N–H and O–H groups in total. The molecule has 0 aromatic rings. The van der Waals surface area contributed by atoms with Gasteiger partial charge in [-0.15, -0.1) is 0 Å². The Hall–Kier alpha value is -1.94. The molecule has 0 aromatic carbocycles. The molecule has 0 radical (unpaired) electrons. The summed E-state index contributed by atoms with van der Waals surface area (Å²) in [6.45, 7) is 14.1. The average Bonchev–Trinajstić information content (AvgIpc) is 2.61. The van der Waals surface area contributed by atoms with Crippen LogP contribution in [0.15, 0.2) is 0 Å². The van der Waals surface area contributed by atoms with Gasteiger partial charge in [0.2, 0.25) is 0 Å². The number of carbonyl (C=O) groups excluding carboxylic acids is 4. The fraction of sp³-hybridized carbons (Fsp3) is 0.946. The van der Waals surface area contributed by atoms with E-state index in [-0.39, 0.29) is 25.7 Å². The lowest BCUT2D eigenvalue weighted by atomic mass is 9.99. The number of hydrogen-bond acceptors (Lipinski definition) is 15. The zero-order valence-electron chi connectivity index (χ0n) is 60.9. The predicted octanol–water partition coefficient (Wildman–Crippen LogP) is 21.3. The van der Waals surface area contributed by atoms with Crippen LogP contribution in [0.4, 0.5) is 0 Å². The fourth-order valence-electron chi connectivity index (χ4n) is 11.2. The summed E-state index contributed by atoms with van der Waals surface area (Å²) < 4.78 is 68.4. The van der Waals surface area contributed by atoms with E-state index in [1.54, 1.807) is 0 Å². The maximum atomic E-state index is 13.0. The van der Waals surface area contributed by atoms with E-state index in [4.69, 9.17) is 37.0 Å². The lowest BCUT2D eigenvalue weighted by Gasteiger charge is -2.21. The molecule has 0 aromatic heterocycles. The zero-order valence-corrected chi connectivity index (χ0v) is 62.7. The van der Waals surface area contributed by atoms with Gasteiger partial charge < -0.3 is 33.8 Å². The van der Waals surface area contributed by atoms with Crippen molar-refractivity contribution in [3.05, 3.63) is 0 Å². The molecule has 0 saturated carbocycles.